The highest BCUT2D eigenvalue weighted by molar-refractivity contribution is 14.0. The topological polar surface area (TPSA) is 55.8 Å². The second kappa shape index (κ2) is 12.9. The summed E-state index contributed by atoms with van der Waals surface area (Å²) in [6.45, 7) is 17.1. The lowest BCUT2D eigenvalue weighted by atomic mass is 10.2. The minimum Gasteiger partial charge on any atom is -0.357 e. The van der Waals surface area contributed by atoms with Gasteiger partial charge in [0.2, 0.25) is 0 Å². The van der Waals surface area contributed by atoms with Crippen LogP contribution in [0, 0.1) is 6.92 Å². The number of piperazine rings is 1. The molecule has 1 atom stereocenters. The second-order valence-corrected chi connectivity index (χ2v) is 7.90. The first-order chi connectivity index (χ1) is 12.1. The normalized spacial score (nSPS) is 17.6. The van der Waals surface area contributed by atoms with Crippen molar-refractivity contribution in [1.82, 2.24) is 25.4 Å². The Morgan fingerprint density at radius 1 is 1.27 bits per heavy atom. The molecule has 2 N–H and O–H groups in total. The molecule has 0 saturated carbocycles. The largest absolute Gasteiger partial charge is 0.357 e. The van der Waals surface area contributed by atoms with Crippen LogP contribution >= 0.6 is 35.3 Å². The fourth-order valence-corrected chi connectivity index (χ4v) is 3.79. The maximum atomic E-state index is 4.79. The molecule has 0 bridgehead atoms. The van der Waals surface area contributed by atoms with Crippen molar-refractivity contribution in [3.8, 4) is 0 Å². The number of rotatable bonds is 8. The van der Waals surface area contributed by atoms with Gasteiger partial charge >= 0.3 is 0 Å². The van der Waals surface area contributed by atoms with Crippen LogP contribution in [0.25, 0.3) is 0 Å². The van der Waals surface area contributed by atoms with Crippen molar-refractivity contribution in [3.63, 3.8) is 0 Å². The van der Waals surface area contributed by atoms with Gasteiger partial charge < -0.3 is 15.5 Å². The van der Waals surface area contributed by atoms with E-state index in [1.54, 1.807) is 11.3 Å². The molecule has 1 aliphatic rings. The van der Waals surface area contributed by atoms with Crippen LogP contribution in [0.5, 0.6) is 0 Å². The minimum atomic E-state index is 0. The van der Waals surface area contributed by atoms with E-state index in [1.807, 2.05) is 6.20 Å². The summed E-state index contributed by atoms with van der Waals surface area (Å²) in [5.74, 6) is 0.912. The predicted molar refractivity (Wildman–Crippen MR) is 123 cm³/mol. The summed E-state index contributed by atoms with van der Waals surface area (Å²) in [5.41, 5.74) is 0. The fraction of sp³-hybridized carbons (Fsp3) is 0.778. The number of thiazole rings is 1. The third kappa shape index (κ3) is 8.06. The number of hydrogen-bond donors (Lipinski definition) is 2. The van der Waals surface area contributed by atoms with Gasteiger partial charge in [0.25, 0.3) is 0 Å². The van der Waals surface area contributed by atoms with Gasteiger partial charge in [0.05, 0.1) is 11.6 Å². The van der Waals surface area contributed by atoms with Crippen LogP contribution < -0.4 is 10.6 Å². The number of nitrogens with zero attached hydrogens (tertiary/aromatic N) is 4. The number of aromatic nitrogens is 1. The molecule has 1 saturated heterocycles. The Bertz CT molecular complexity index is 528. The molecular weight excluding hydrogens is 459 g/mol. The maximum absolute atomic E-state index is 4.79. The van der Waals surface area contributed by atoms with Gasteiger partial charge in [-0.1, -0.05) is 6.92 Å². The monoisotopic (exact) mass is 494 g/mol. The summed E-state index contributed by atoms with van der Waals surface area (Å²) in [6.07, 6.45) is 2.89. The van der Waals surface area contributed by atoms with Crippen molar-refractivity contribution in [1.29, 1.82) is 0 Å². The van der Waals surface area contributed by atoms with Crippen molar-refractivity contribution >= 4 is 41.3 Å². The quantitative estimate of drug-likeness (QED) is 0.330. The Labute approximate surface area is 179 Å². The zero-order valence-electron chi connectivity index (χ0n) is 16.6. The first-order valence-corrected chi connectivity index (χ1v) is 10.3. The van der Waals surface area contributed by atoms with Crippen LogP contribution in [0.1, 0.15) is 30.7 Å². The number of halogens is 1. The molecule has 1 unspecified atom stereocenters. The molecule has 0 aromatic carbocycles. The smallest absolute Gasteiger partial charge is 0.191 e. The second-order valence-electron chi connectivity index (χ2n) is 6.58. The number of aliphatic imine (C=N–C) groups is 1. The molecule has 1 aromatic rings. The third-order valence-corrected chi connectivity index (χ3v) is 5.61. The van der Waals surface area contributed by atoms with Crippen LogP contribution in [-0.4, -0.2) is 79.1 Å². The van der Waals surface area contributed by atoms with E-state index in [9.17, 15) is 0 Å². The summed E-state index contributed by atoms with van der Waals surface area (Å²) in [5, 5.41) is 7.96. The van der Waals surface area contributed by atoms with Gasteiger partial charge in [0.1, 0.15) is 0 Å². The molecule has 6 nitrogen and oxygen atoms in total. The average molecular weight is 494 g/mol. The molecule has 0 aliphatic carbocycles. The van der Waals surface area contributed by atoms with Crippen molar-refractivity contribution in [2.24, 2.45) is 4.99 Å². The van der Waals surface area contributed by atoms with E-state index in [1.165, 1.54) is 23.0 Å². The van der Waals surface area contributed by atoms with Crippen molar-refractivity contribution in [3.05, 3.63) is 16.1 Å². The Hall–Kier alpha value is -0.450. The molecule has 0 amide bonds. The molecule has 26 heavy (non-hydrogen) atoms. The maximum Gasteiger partial charge on any atom is 0.191 e. The molecule has 2 heterocycles. The summed E-state index contributed by atoms with van der Waals surface area (Å²) >= 11 is 1.77. The van der Waals surface area contributed by atoms with Gasteiger partial charge in [0.15, 0.2) is 5.96 Å². The van der Waals surface area contributed by atoms with Crippen molar-refractivity contribution in [2.75, 3.05) is 52.4 Å². The number of hydrogen-bond acceptors (Lipinski definition) is 5. The standard InChI is InChI=1S/C18H34N6S.HI/c1-5-19-18(20-8-7-17-21-14-16(4)25-17)22-13-15(3)24-11-9-23(6-2)10-12-24;/h14-15H,5-13H2,1-4H3,(H2,19,20,22);1H. The summed E-state index contributed by atoms with van der Waals surface area (Å²) in [7, 11) is 0. The fourth-order valence-electron chi connectivity index (χ4n) is 3.01. The number of guanidine groups is 1. The van der Waals surface area contributed by atoms with E-state index in [4.69, 9.17) is 4.99 Å². The van der Waals surface area contributed by atoms with Crippen LogP contribution in [0.3, 0.4) is 0 Å². The molecule has 150 valence electrons. The van der Waals surface area contributed by atoms with Gasteiger partial charge in [0, 0.05) is 62.8 Å². The Morgan fingerprint density at radius 2 is 2.00 bits per heavy atom. The van der Waals surface area contributed by atoms with Crippen molar-refractivity contribution in [2.45, 2.75) is 40.2 Å². The average Bonchev–Trinajstić information content (AvgIpc) is 3.04. The number of aryl methyl sites for hydroxylation is 1. The number of nitrogens with one attached hydrogen (secondary N) is 2. The van der Waals surface area contributed by atoms with E-state index >= 15 is 0 Å². The summed E-state index contributed by atoms with van der Waals surface area (Å²) in [4.78, 5) is 15.5. The molecule has 0 radical (unpaired) electrons. The third-order valence-electron chi connectivity index (χ3n) is 4.64. The van der Waals surface area contributed by atoms with Crippen LogP contribution in [0.4, 0.5) is 0 Å². The van der Waals surface area contributed by atoms with Gasteiger partial charge in [-0.2, -0.15) is 0 Å². The molecule has 2 rings (SSSR count). The highest BCUT2D eigenvalue weighted by Gasteiger charge is 2.19. The molecule has 1 aromatic heterocycles. The lowest BCUT2D eigenvalue weighted by molar-refractivity contribution is 0.109. The van der Waals surface area contributed by atoms with E-state index < -0.39 is 0 Å². The lowest BCUT2D eigenvalue weighted by Gasteiger charge is -2.37. The zero-order chi connectivity index (χ0) is 18.1. The van der Waals surface area contributed by atoms with Gasteiger partial charge in [-0.15, -0.1) is 35.3 Å². The Morgan fingerprint density at radius 3 is 2.58 bits per heavy atom. The van der Waals surface area contributed by atoms with Crippen LogP contribution in [-0.2, 0) is 6.42 Å². The molecule has 0 spiro atoms. The molecular formula is C18H35IN6S. The summed E-state index contributed by atoms with van der Waals surface area (Å²) < 4.78 is 0. The van der Waals surface area contributed by atoms with Gasteiger partial charge in [-0.05, 0) is 27.3 Å². The van der Waals surface area contributed by atoms with E-state index in [0.29, 0.717) is 6.04 Å². The Balaban J connectivity index is 0.00000338. The predicted octanol–water partition coefficient (Wildman–Crippen LogP) is 2.19. The van der Waals surface area contributed by atoms with E-state index in [2.05, 4.69) is 53.1 Å². The van der Waals surface area contributed by atoms with Crippen LogP contribution in [0.15, 0.2) is 11.2 Å². The van der Waals surface area contributed by atoms with Crippen LogP contribution in [0.2, 0.25) is 0 Å². The molecule has 1 aliphatic heterocycles. The lowest BCUT2D eigenvalue weighted by Crippen LogP contribution is -2.50. The first-order valence-electron chi connectivity index (χ1n) is 9.52. The highest BCUT2D eigenvalue weighted by Crippen LogP contribution is 2.11. The molecule has 8 heteroatoms. The van der Waals surface area contributed by atoms with E-state index in [-0.39, 0.29) is 24.0 Å². The number of likely N-dealkylation sites (N-methyl/N-ethyl adjacent to an activating group) is 1. The van der Waals surface area contributed by atoms with Crippen molar-refractivity contribution < 1.29 is 0 Å². The SMILES string of the molecule is CCNC(=NCC(C)N1CCN(CC)CC1)NCCc1ncc(C)s1.I. The Kier molecular flexibility index (Phi) is 11.7. The molecule has 1 fully saturated rings. The van der Waals surface area contributed by atoms with Gasteiger partial charge in [-0.25, -0.2) is 4.98 Å². The highest BCUT2D eigenvalue weighted by atomic mass is 127. The van der Waals surface area contributed by atoms with E-state index in [0.717, 1.165) is 51.6 Å². The minimum absolute atomic E-state index is 0. The summed E-state index contributed by atoms with van der Waals surface area (Å²) in [6, 6.07) is 0.482. The first kappa shape index (κ1) is 23.6. The van der Waals surface area contributed by atoms with Gasteiger partial charge in [-0.3, -0.25) is 9.89 Å². The zero-order valence-corrected chi connectivity index (χ0v) is 19.8.